The molecule has 1 fully saturated rings. The first kappa shape index (κ1) is 27.1. The second kappa shape index (κ2) is 14.2. The Morgan fingerprint density at radius 1 is 1.13 bits per heavy atom. The monoisotopic (exact) mass is 551 g/mol. The Morgan fingerprint density at radius 3 is 2.37 bits per heavy atom. The van der Waals surface area contributed by atoms with Crippen molar-refractivity contribution in [2.24, 2.45) is 4.99 Å². The van der Waals surface area contributed by atoms with E-state index in [0.717, 1.165) is 58.3 Å². The third-order valence-electron chi connectivity index (χ3n) is 5.05. The van der Waals surface area contributed by atoms with Crippen LogP contribution in [0.5, 0.6) is 0 Å². The molecule has 2 rings (SSSR count). The smallest absolute Gasteiger partial charge is 0.191 e. The number of nitrogens with one attached hydrogen (secondary N) is 2. The molecule has 1 atom stereocenters. The van der Waals surface area contributed by atoms with Crippen LogP contribution in [0, 0.1) is 0 Å². The molecule has 1 unspecified atom stereocenters. The van der Waals surface area contributed by atoms with Gasteiger partial charge in [-0.2, -0.15) is 0 Å². The van der Waals surface area contributed by atoms with Gasteiger partial charge < -0.3 is 10.6 Å². The van der Waals surface area contributed by atoms with Crippen molar-refractivity contribution in [2.45, 2.75) is 32.9 Å². The number of nitrogens with zero attached hydrogens (tertiary/aromatic N) is 3. The Morgan fingerprint density at radius 2 is 1.77 bits per heavy atom. The summed E-state index contributed by atoms with van der Waals surface area (Å²) >= 11 is 0. The maximum absolute atomic E-state index is 11.3. The molecule has 30 heavy (non-hydrogen) atoms. The first-order chi connectivity index (χ1) is 13.9. The number of sulfone groups is 1. The van der Waals surface area contributed by atoms with E-state index in [1.807, 2.05) is 13.8 Å². The fraction of sp³-hybridized carbons (Fsp3) is 0.667. The third-order valence-corrected chi connectivity index (χ3v) is 6.03. The zero-order chi connectivity index (χ0) is 21.1. The summed E-state index contributed by atoms with van der Waals surface area (Å²) in [7, 11) is -2.93. The van der Waals surface area contributed by atoms with Crippen LogP contribution in [0.3, 0.4) is 0 Å². The van der Waals surface area contributed by atoms with Gasteiger partial charge in [-0.05, 0) is 25.8 Å². The highest BCUT2D eigenvalue weighted by molar-refractivity contribution is 14.0. The van der Waals surface area contributed by atoms with Gasteiger partial charge in [-0.15, -0.1) is 24.0 Å². The first-order valence-corrected chi connectivity index (χ1v) is 12.6. The molecule has 1 saturated heterocycles. The predicted octanol–water partition coefficient (Wildman–Crippen LogP) is 1.80. The largest absolute Gasteiger partial charge is 0.357 e. The summed E-state index contributed by atoms with van der Waals surface area (Å²) in [4.78, 5) is 9.63. The summed E-state index contributed by atoms with van der Waals surface area (Å²) in [5, 5.41) is 6.56. The molecule has 1 aliphatic heterocycles. The van der Waals surface area contributed by atoms with E-state index in [1.54, 1.807) is 0 Å². The fourth-order valence-corrected chi connectivity index (χ4v) is 4.11. The normalized spacial score (nSPS) is 17.2. The number of rotatable bonds is 10. The molecular weight excluding hydrogens is 513 g/mol. The van der Waals surface area contributed by atoms with Crippen LogP contribution in [0.2, 0.25) is 0 Å². The second-order valence-electron chi connectivity index (χ2n) is 7.83. The van der Waals surface area contributed by atoms with Crippen molar-refractivity contribution in [1.29, 1.82) is 0 Å². The lowest BCUT2D eigenvalue weighted by atomic mass is 10.2. The summed E-state index contributed by atoms with van der Waals surface area (Å²) in [6, 6.07) is 10.7. The summed E-state index contributed by atoms with van der Waals surface area (Å²) in [6.07, 6.45) is 1.85. The molecule has 7 nitrogen and oxygen atoms in total. The summed E-state index contributed by atoms with van der Waals surface area (Å²) in [6.45, 7) is 11.8. The molecule has 1 heterocycles. The number of aliphatic imine (C=N–C) groups is 1. The molecule has 9 heteroatoms. The second-order valence-corrected chi connectivity index (χ2v) is 10.1. The molecule has 0 aliphatic carbocycles. The number of benzene rings is 1. The molecule has 0 spiro atoms. The number of halogens is 1. The number of guanidine groups is 1. The van der Waals surface area contributed by atoms with Gasteiger partial charge in [0.05, 0.1) is 12.3 Å². The Labute approximate surface area is 199 Å². The van der Waals surface area contributed by atoms with Crippen LogP contribution in [0.25, 0.3) is 0 Å². The van der Waals surface area contributed by atoms with E-state index in [2.05, 4.69) is 55.8 Å². The Bertz CT molecular complexity index is 722. The summed E-state index contributed by atoms with van der Waals surface area (Å²) < 4.78 is 22.7. The van der Waals surface area contributed by atoms with Crippen molar-refractivity contribution >= 4 is 39.8 Å². The standard InChI is InChI=1S/C21H37N5O2S.HI/c1-4-22-21(24-19(2)10-17-29(3,27)28)23-11-12-25-13-15-26(16-14-25)18-20-8-6-5-7-9-20;/h5-9,19H,4,10-18H2,1-3H3,(H2,22,23,24);1H. The minimum atomic E-state index is -2.93. The van der Waals surface area contributed by atoms with Crippen LogP contribution in [-0.4, -0.2) is 88.0 Å². The van der Waals surface area contributed by atoms with E-state index in [9.17, 15) is 8.42 Å². The van der Waals surface area contributed by atoms with E-state index in [-0.39, 0.29) is 35.8 Å². The van der Waals surface area contributed by atoms with E-state index in [1.165, 1.54) is 11.8 Å². The number of hydrogen-bond acceptors (Lipinski definition) is 5. The lowest BCUT2D eigenvalue weighted by Gasteiger charge is -2.34. The minimum Gasteiger partial charge on any atom is -0.357 e. The van der Waals surface area contributed by atoms with Gasteiger partial charge in [0.2, 0.25) is 0 Å². The lowest BCUT2D eigenvalue weighted by molar-refractivity contribution is 0.130. The van der Waals surface area contributed by atoms with Gasteiger partial charge in [0.25, 0.3) is 0 Å². The van der Waals surface area contributed by atoms with Gasteiger partial charge in [-0.3, -0.25) is 14.8 Å². The SMILES string of the molecule is CCNC(=NCCN1CCN(Cc2ccccc2)CC1)NC(C)CCS(C)(=O)=O.I. The molecule has 1 aromatic carbocycles. The quantitative estimate of drug-likeness (QED) is 0.263. The maximum Gasteiger partial charge on any atom is 0.191 e. The molecule has 0 bridgehead atoms. The zero-order valence-electron chi connectivity index (χ0n) is 18.5. The van der Waals surface area contributed by atoms with Crippen molar-refractivity contribution in [3.8, 4) is 0 Å². The minimum absolute atomic E-state index is 0. The van der Waals surface area contributed by atoms with Gasteiger partial charge in [0.1, 0.15) is 9.84 Å². The molecule has 172 valence electrons. The summed E-state index contributed by atoms with van der Waals surface area (Å²) in [5.74, 6) is 0.949. The molecule has 1 aromatic rings. The lowest BCUT2D eigenvalue weighted by Crippen LogP contribution is -2.47. The Balaban J connectivity index is 0.00000450. The van der Waals surface area contributed by atoms with Crippen LogP contribution in [0.4, 0.5) is 0 Å². The molecule has 0 amide bonds. The predicted molar refractivity (Wildman–Crippen MR) is 136 cm³/mol. The van der Waals surface area contributed by atoms with Crippen LogP contribution in [-0.2, 0) is 16.4 Å². The Kier molecular flexibility index (Phi) is 12.8. The molecule has 0 aromatic heterocycles. The van der Waals surface area contributed by atoms with Gasteiger partial charge in [0, 0.05) is 58.1 Å². The highest BCUT2D eigenvalue weighted by Crippen LogP contribution is 2.08. The van der Waals surface area contributed by atoms with Crippen molar-refractivity contribution in [3.05, 3.63) is 35.9 Å². The van der Waals surface area contributed by atoms with Gasteiger partial charge in [-0.1, -0.05) is 30.3 Å². The maximum atomic E-state index is 11.3. The highest BCUT2D eigenvalue weighted by atomic mass is 127. The average molecular weight is 552 g/mol. The van der Waals surface area contributed by atoms with Gasteiger partial charge in [-0.25, -0.2) is 8.42 Å². The average Bonchev–Trinajstić information content (AvgIpc) is 2.68. The van der Waals surface area contributed by atoms with E-state index >= 15 is 0 Å². The van der Waals surface area contributed by atoms with Crippen molar-refractivity contribution < 1.29 is 8.42 Å². The Hall–Kier alpha value is -0.910. The molecular formula is C21H38IN5O2S. The van der Waals surface area contributed by atoms with E-state index in [4.69, 9.17) is 0 Å². The highest BCUT2D eigenvalue weighted by Gasteiger charge is 2.16. The van der Waals surface area contributed by atoms with E-state index < -0.39 is 9.84 Å². The fourth-order valence-electron chi connectivity index (χ4n) is 3.33. The van der Waals surface area contributed by atoms with Crippen LogP contribution in [0.15, 0.2) is 35.3 Å². The third kappa shape index (κ3) is 11.5. The van der Waals surface area contributed by atoms with Crippen molar-refractivity contribution in [3.63, 3.8) is 0 Å². The number of hydrogen-bond donors (Lipinski definition) is 2. The zero-order valence-corrected chi connectivity index (χ0v) is 21.7. The topological polar surface area (TPSA) is 77.0 Å². The van der Waals surface area contributed by atoms with Crippen molar-refractivity contribution in [2.75, 3.05) is 57.8 Å². The van der Waals surface area contributed by atoms with Crippen molar-refractivity contribution in [1.82, 2.24) is 20.4 Å². The number of piperazine rings is 1. The van der Waals surface area contributed by atoms with E-state index in [0.29, 0.717) is 6.42 Å². The van der Waals surface area contributed by atoms with Gasteiger partial charge in [0.15, 0.2) is 5.96 Å². The van der Waals surface area contributed by atoms with Gasteiger partial charge >= 0.3 is 0 Å². The van der Waals surface area contributed by atoms with Crippen LogP contribution >= 0.6 is 24.0 Å². The molecule has 1 aliphatic rings. The first-order valence-electron chi connectivity index (χ1n) is 10.6. The van der Waals surface area contributed by atoms with Crippen LogP contribution in [0.1, 0.15) is 25.8 Å². The summed E-state index contributed by atoms with van der Waals surface area (Å²) in [5.41, 5.74) is 1.37. The molecule has 2 N–H and O–H groups in total. The molecule has 0 saturated carbocycles. The molecule has 0 radical (unpaired) electrons. The van der Waals surface area contributed by atoms with Crippen LogP contribution < -0.4 is 10.6 Å².